The van der Waals surface area contributed by atoms with Crippen molar-refractivity contribution in [1.29, 1.82) is 0 Å². The van der Waals surface area contributed by atoms with Crippen molar-refractivity contribution in [1.82, 2.24) is 0 Å². The van der Waals surface area contributed by atoms with E-state index < -0.39 is 5.79 Å². The Bertz CT molecular complexity index is 804. The third-order valence-corrected chi connectivity index (χ3v) is 8.91. The lowest BCUT2D eigenvalue weighted by Crippen LogP contribution is -2.62. The van der Waals surface area contributed by atoms with Crippen molar-refractivity contribution in [3.8, 4) is 17.2 Å². The second kappa shape index (κ2) is 9.03. The molecule has 180 valence electrons. The van der Waals surface area contributed by atoms with Crippen LogP contribution in [0.5, 0.6) is 17.2 Å². The number of rotatable bonds is 7. The predicted molar refractivity (Wildman–Crippen MR) is 122 cm³/mol. The number of hydrogen-bond acceptors (Lipinski definition) is 6. The number of methoxy groups -OCH3 is 3. The third kappa shape index (κ3) is 3.59. The van der Waals surface area contributed by atoms with Crippen molar-refractivity contribution in [3.63, 3.8) is 0 Å². The minimum Gasteiger partial charge on any atom is -0.493 e. The summed E-state index contributed by atoms with van der Waals surface area (Å²) in [6, 6.07) is 3.87. The van der Waals surface area contributed by atoms with E-state index in [9.17, 15) is 0 Å². The molecule has 0 amide bonds. The summed E-state index contributed by atoms with van der Waals surface area (Å²) in [5.41, 5.74) is 1.07. The molecular formula is C26H40O6. The number of hydrogen-bond donors (Lipinski definition) is 0. The van der Waals surface area contributed by atoms with Crippen molar-refractivity contribution < 1.29 is 28.4 Å². The number of fused-ring (bicyclic) bond motifs is 2. The van der Waals surface area contributed by atoms with Gasteiger partial charge in [-0.2, -0.15) is 0 Å². The van der Waals surface area contributed by atoms with Crippen LogP contribution in [0.1, 0.15) is 58.4 Å². The monoisotopic (exact) mass is 448 g/mol. The summed E-state index contributed by atoms with van der Waals surface area (Å²) in [4.78, 5) is 0. The minimum absolute atomic E-state index is 0.0112. The highest BCUT2D eigenvalue weighted by atomic mass is 16.7. The van der Waals surface area contributed by atoms with Crippen molar-refractivity contribution in [2.75, 3.05) is 41.3 Å². The summed E-state index contributed by atoms with van der Waals surface area (Å²) in [5, 5.41) is 0. The van der Waals surface area contributed by atoms with Gasteiger partial charge >= 0.3 is 0 Å². The fourth-order valence-electron chi connectivity index (χ4n) is 7.03. The quantitative estimate of drug-likeness (QED) is 0.534. The lowest BCUT2D eigenvalue weighted by molar-refractivity contribution is -0.297. The van der Waals surface area contributed by atoms with E-state index in [1.54, 1.807) is 21.3 Å². The first-order valence-electron chi connectivity index (χ1n) is 12.0. The molecule has 6 heteroatoms. The molecule has 0 radical (unpaired) electrons. The van der Waals surface area contributed by atoms with Crippen molar-refractivity contribution in [3.05, 3.63) is 17.7 Å². The van der Waals surface area contributed by atoms with Gasteiger partial charge < -0.3 is 28.4 Å². The molecular weight excluding hydrogens is 408 g/mol. The van der Waals surface area contributed by atoms with Gasteiger partial charge in [0.25, 0.3) is 0 Å². The fraction of sp³-hybridized carbons (Fsp3) is 0.769. The topological polar surface area (TPSA) is 55.4 Å². The Balaban J connectivity index is 1.77. The maximum Gasteiger partial charge on any atom is 0.188 e. The molecule has 0 bridgehead atoms. The Morgan fingerprint density at radius 2 is 1.69 bits per heavy atom. The third-order valence-electron chi connectivity index (χ3n) is 8.91. The zero-order valence-electron chi connectivity index (χ0n) is 20.6. The van der Waals surface area contributed by atoms with Crippen molar-refractivity contribution >= 4 is 0 Å². The van der Waals surface area contributed by atoms with Crippen LogP contribution in [-0.2, 0) is 20.6 Å². The van der Waals surface area contributed by atoms with Gasteiger partial charge in [0.2, 0.25) is 0 Å². The van der Waals surface area contributed by atoms with E-state index in [4.69, 9.17) is 28.4 Å². The summed E-state index contributed by atoms with van der Waals surface area (Å²) in [6.45, 7) is 8.87. The van der Waals surface area contributed by atoms with Crippen LogP contribution in [0.3, 0.4) is 0 Å². The smallest absolute Gasteiger partial charge is 0.188 e. The average Bonchev–Trinajstić information content (AvgIpc) is 3.27. The highest BCUT2D eigenvalue weighted by Crippen LogP contribution is 2.66. The molecule has 0 unspecified atom stereocenters. The normalized spacial score (nSPS) is 33.7. The summed E-state index contributed by atoms with van der Waals surface area (Å²) in [5.74, 6) is 2.85. The molecule has 32 heavy (non-hydrogen) atoms. The maximum absolute atomic E-state index is 6.38. The molecule has 0 aromatic heterocycles. The zero-order valence-corrected chi connectivity index (χ0v) is 20.6. The number of ether oxygens (including phenoxy) is 6. The molecule has 1 aromatic rings. The predicted octanol–water partition coefficient (Wildman–Crippen LogP) is 5.21. The summed E-state index contributed by atoms with van der Waals surface area (Å²) < 4.78 is 35.5. The van der Waals surface area contributed by atoms with Gasteiger partial charge in [0.05, 0.1) is 27.4 Å². The zero-order chi connectivity index (χ0) is 23.0. The van der Waals surface area contributed by atoms with E-state index in [2.05, 4.69) is 20.8 Å². The second-order valence-corrected chi connectivity index (χ2v) is 10.3. The van der Waals surface area contributed by atoms with Crippen LogP contribution in [0.25, 0.3) is 0 Å². The van der Waals surface area contributed by atoms with E-state index in [-0.39, 0.29) is 17.6 Å². The Morgan fingerprint density at radius 3 is 2.34 bits per heavy atom. The van der Waals surface area contributed by atoms with E-state index in [1.165, 1.54) is 6.42 Å². The maximum atomic E-state index is 6.38. The Labute approximate surface area is 192 Å². The standard InChI is InChI=1S/C26H40O6/c1-18-11-13-25(3)22(8-7-12-26(25)31-14-15-32-26)24(18,2)16-19-20(30-17-27-4)9-10-21(28-5)23(19)29-6/h9-10,18,22H,7-8,11-17H2,1-6H3/t18-,22-,24+,25+/m0/s1. The summed E-state index contributed by atoms with van der Waals surface area (Å²) >= 11 is 0. The molecule has 1 heterocycles. The highest BCUT2D eigenvalue weighted by molar-refractivity contribution is 5.54. The molecule has 1 aliphatic heterocycles. The largest absolute Gasteiger partial charge is 0.493 e. The molecule has 6 nitrogen and oxygen atoms in total. The molecule has 1 aromatic carbocycles. The Kier molecular flexibility index (Phi) is 6.68. The lowest BCUT2D eigenvalue weighted by Gasteiger charge is -2.63. The Hall–Kier alpha value is -1.50. The first-order valence-corrected chi connectivity index (χ1v) is 12.0. The molecule has 3 aliphatic rings. The van der Waals surface area contributed by atoms with Gasteiger partial charge in [-0.15, -0.1) is 0 Å². The molecule has 0 N–H and O–H groups in total. The van der Waals surface area contributed by atoms with Crippen LogP contribution in [0.2, 0.25) is 0 Å². The molecule has 1 spiro atoms. The van der Waals surface area contributed by atoms with Crippen LogP contribution >= 0.6 is 0 Å². The van der Waals surface area contributed by atoms with Gasteiger partial charge in [0, 0.05) is 24.5 Å². The van der Waals surface area contributed by atoms with Crippen LogP contribution in [0, 0.1) is 22.7 Å². The molecule has 2 saturated carbocycles. The van der Waals surface area contributed by atoms with E-state index in [0.29, 0.717) is 25.0 Å². The molecule has 1 saturated heterocycles. The van der Waals surface area contributed by atoms with E-state index >= 15 is 0 Å². The first-order chi connectivity index (χ1) is 15.3. The van der Waals surface area contributed by atoms with Crippen LogP contribution in [0.4, 0.5) is 0 Å². The summed E-state index contributed by atoms with van der Waals surface area (Å²) in [6.07, 6.45) is 6.44. The molecule has 2 aliphatic carbocycles. The van der Waals surface area contributed by atoms with Gasteiger partial charge in [-0.3, -0.25) is 0 Å². The average molecular weight is 449 g/mol. The molecule has 4 rings (SSSR count). The second-order valence-electron chi connectivity index (χ2n) is 10.3. The first kappa shape index (κ1) is 23.7. The number of benzene rings is 1. The van der Waals surface area contributed by atoms with Gasteiger partial charge in [-0.05, 0) is 61.5 Å². The van der Waals surface area contributed by atoms with Gasteiger partial charge in [-0.25, -0.2) is 0 Å². The summed E-state index contributed by atoms with van der Waals surface area (Å²) in [7, 11) is 5.02. The fourth-order valence-corrected chi connectivity index (χ4v) is 7.03. The van der Waals surface area contributed by atoms with Crippen LogP contribution in [-0.4, -0.2) is 47.1 Å². The van der Waals surface area contributed by atoms with Gasteiger partial charge in [0.1, 0.15) is 5.75 Å². The highest BCUT2D eigenvalue weighted by Gasteiger charge is 2.64. The van der Waals surface area contributed by atoms with Crippen LogP contribution < -0.4 is 14.2 Å². The molecule has 4 atom stereocenters. The minimum atomic E-state index is -0.439. The van der Waals surface area contributed by atoms with E-state index in [1.807, 2.05) is 12.1 Å². The SMILES string of the molecule is COCOc1ccc(OC)c(OC)c1C[C@]1(C)[C@@H](C)CC[C@]2(C)[C@H]1CCCC21OCCO1. The van der Waals surface area contributed by atoms with Crippen LogP contribution in [0.15, 0.2) is 12.1 Å². The van der Waals surface area contributed by atoms with Gasteiger partial charge in [0.15, 0.2) is 24.1 Å². The lowest BCUT2D eigenvalue weighted by atomic mass is 9.45. The molecule has 3 fully saturated rings. The van der Waals surface area contributed by atoms with E-state index in [0.717, 1.165) is 54.9 Å². The van der Waals surface area contributed by atoms with Gasteiger partial charge in [-0.1, -0.05) is 20.8 Å². The van der Waals surface area contributed by atoms with Crippen molar-refractivity contribution in [2.24, 2.45) is 22.7 Å². The Morgan fingerprint density at radius 1 is 0.969 bits per heavy atom. The van der Waals surface area contributed by atoms with Crippen molar-refractivity contribution in [2.45, 2.75) is 65.1 Å².